The van der Waals surface area contributed by atoms with E-state index < -0.39 is 11.9 Å². The maximum Gasteiger partial charge on any atom is 0.176 e. The number of hydrogen-bond donors (Lipinski definition) is 1. The first-order valence-electron chi connectivity index (χ1n) is 6.38. The first-order valence-corrected chi connectivity index (χ1v) is 6.38. The second-order valence-electron chi connectivity index (χ2n) is 4.99. The van der Waals surface area contributed by atoms with Gasteiger partial charge in [0.05, 0.1) is 24.7 Å². The van der Waals surface area contributed by atoms with Crippen LogP contribution in [0.1, 0.15) is 32.1 Å². The van der Waals surface area contributed by atoms with E-state index >= 15 is 0 Å². The standard InChI is InChI=1S/C14H22O3/c1-3-6-12(15)13(7-4-2)8-5-9-14(13)16-10-11-17-14/h3-4,12,15H,1-2,5-11H2/t12-,13-/m0/s1. The second-order valence-corrected chi connectivity index (χ2v) is 4.99. The van der Waals surface area contributed by atoms with Crippen LogP contribution >= 0.6 is 0 Å². The molecule has 0 aromatic heterocycles. The lowest BCUT2D eigenvalue weighted by Gasteiger charge is -2.44. The van der Waals surface area contributed by atoms with Gasteiger partial charge in [0.25, 0.3) is 0 Å². The highest BCUT2D eigenvalue weighted by Gasteiger charge is 2.61. The zero-order valence-electron chi connectivity index (χ0n) is 10.4. The molecule has 3 nitrogen and oxygen atoms in total. The largest absolute Gasteiger partial charge is 0.392 e. The summed E-state index contributed by atoms with van der Waals surface area (Å²) >= 11 is 0. The van der Waals surface area contributed by atoms with Crippen LogP contribution < -0.4 is 0 Å². The highest BCUT2D eigenvalue weighted by Crippen LogP contribution is 2.56. The van der Waals surface area contributed by atoms with Crippen LogP contribution in [0.2, 0.25) is 0 Å². The van der Waals surface area contributed by atoms with Gasteiger partial charge in [-0.2, -0.15) is 0 Å². The zero-order chi connectivity index (χ0) is 12.4. The van der Waals surface area contributed by atoms with Crippen LogP contribution in [-0.2, 0) is 9.47 Å². The molecule has 0 aromatic carbocycles. The van der Waals surface area contributed by atoms with Crippen molar-refractivity contribution in [3.63, 3.8) is 0 Å². The normalized spacial score (nSPS) is 32.8. The molecule has 17 heavy (non-hydrogen) atoms. The molecular formula is C14H22O3. The molecule has 0 unspecified atom stereocenters. The molecule has 1 heterocycles. The quantitative estimate of drug-likeness (QED) is 0.748. The Labute approximate surface area is 103 Å². The smallest absolute Gasteiger partial charge is 0.176 e. The fourth-order valence-electron chi connectivity index (χ4n) is 3.42. The van der Waals surface area contributed by atoms with E-state index in [1.54, 1.807) is 6.08 Å². The van der Waals surface area contributed by atoms with Crippen molar-refractivity contribution in [1.82, 2.24) is 0 Å². The Bertz CT molecular complexity index is 288. The molecule has 1 aliphatic carbocycles. The Morgan fingerprint density at radius 3 is 2.47 bits per heavy atom. The first-order chi connectivity index (χ1) is 8.21. The van der Waals surface area contributed by atoms with Gasteiger partial charge in [0.2, 0.25) is 0 Å². The van der Waals surface area contributed by atoms with Gasteiger partial charge in [0.15, 0.2) is 5.79 Å². The highest BCUT2D eigenvalue weighted by molar-refractivity contribution is 5.08. The van der Waals surface area contributed by atoms with Gasteiger partial charge in [-0.15, -0.1) is 13.2 Å². The molecule has 2 atom stereocenters. The Kier molecular flexibility index (Phi) is 3.71. The van der Waals surface area contributed by atoms with Crippen molar-refractivity contribution in [2.45, 2.75) is 44.0 Å². The number of rotatable bonds is 5. The summed E-state index contributed by atoms with van der Waals surface area (Å²) in [7, 11) is 0. The number of hydrogen-bond acceptors (Lipinski definition) is 3. The molecule has 1 saturated heterocycles. The third kappa shape index (κ3) is 1.86. The summed E-state index contributed by atoms with van der Waals surface area (Å²) in [5.41, 5.74) is -0.348. The minimum Gasteiger partial charge on any atom is -0.392 e. The third-order valence-electron chi connectivity index (χ3n) is 4.18. The van der Waals surface area contributed by atoms with Crippen LogP contribution in [0.15, 0.2) is 25.3 Å². The van der Waals surface area contributed by atoms with Crippen LogP contribution in [0.4, 0.5) is 0 Å². The molecule has 2 aliphatic rings. The van der Waals surface area contributed by atoms with E-state index in [0.29, 0.717) is 19.6 Å². The van der Waals surface area contributed by atoms with Crippen molar-refractivity contribution in [3.05, 3.63) is 25.3 Å². The van der Waals surface area contributed by atoms with E-state index in [-0.39, 0.29) is 5.41 Å². The van der Waals surface area contributed by atoms with E-state index in [2.05, 4.69) is 13.2 Å². The van der Waals surface area contributed by atoms with Crippen molar-refractivity contribution in [3.8, 4) is 0 Å². The lowest BCUT2D eigenvalue weighted by molar-refractivity contribution is -0.247. The van der Waals surface area contributed by atoms with Crippen LogP contribution in [-0.4, -0.2) is 30.2 Å². The first kappa shape index (κ1) is 12.8. The van der Waals surface area contributed by atoms with Crippen molar-refractivity contribution >= 4 is 0 Å². The van der Waals surface area contributed by atoms with Gasteiger partial charge in [-0.25, -0.2) is 0 Å². The number of aliphatic hydroxyl groups excluding tert-OH is 1. The fourth-order valence-corrected chi connectivity index (χ4v) is 3.42. The van der Waals surface area contributed by atoms with E-state index in [1.165, 1.54) is 0 Å². The molecule has 0 radical (unpaired) electrons. The van der Waals surface area contributed by atoms with Crippen molar-refractivity contribution in [1.29, 1.82) is 0 Å². The van der Waals surface area contributed by atoms with Crippen LogP contribution in [0.25, 0.3) is 0 Å². The summed E-state index contributed by atoms with van der Waals surface area (Å²) in [6.07, 6.45) is 7.27. The van der Waals surface area contributed by atoms with Gasteiger partial charge in [-0.3, -0.25) is 0 Å². The average Bonchev–Trinajstić information content (AvgIpc) is 2.91. The molecule has 0 amide bonds. The third-order valence-corrected chi connectivity index (χ3v) is 4.18. The fraction of sp³-hybridized carbons (Fsp3) is 0.714. The summed E-state index contributed by atoms with van der Waals surface area (Å²) in [6, 6.07) is 0. The Morgan fingerprint density at radius 1 is 1.18 bits per heavy atom. The summed E-state index contributed by atoms with van der Waals surface area (Å²) in [4.78, 5) is 0. The summed E-state index contributed by atoms with van der Waals surface area (Å²) < 4.78 is 11.7. The topological polar surface area (TPSA) is 38.7 Å². The molecule has 2 rings (SSSR count). The van der Waals surface area contributed by atoms with E-state index in [9.17, 15) is 5.11 Å². The lowest BCUT2D eigenvalue weighted by Crippen LogP contribution is -2.52. The van der Waals surface area contributed by atoms with E-state index in [1.807, 2.05) is 6.08 Å². The van der Waals surface area contributed by atoms with Gasteiger partial charge in [-0.1, -0.05) is 12.2 Å². The van der Waals surface area contributed by atoms with Gasteiger partial charge in [-0.05, 0) is 25.7 Å². The minimum atomic E-state index is -0.594. The Morgan fingerprint density at radius 2 is 1.88 bits per heavy atom. The van der Waals surface area contributed by atoms with Crippen LogP contribution in [0.3, 0.4) is 0 Å². The number of aliphatic hydroxyl groups is 1. The van der Waals surface area contributed by atoms with Crippen LogP contribution in [0.5, 0.6) is 0 Å². The molecule has 1 N–H and O–H groups in total. The summed E-state index contributed by atoms with van der Waals surface area (Å²) in [6.45, 7) is 8.78. The molecular weight excluding hydrogens is 216 g/mol. The highest BCUT2D eigenvalue weighted by atomic mass is 16.7. The lowest BCUT2D eigenvalue weighted by atomic mass is 9.72. The molecule has 1 spiro atoms. The molecule has 1 aliphatic heterocycles. The van der Waals surface area contributed by atoms with E-state index in [4.69, 9.17) is 9.47 Å². The number of allylic oxidation sites excluding steroid dienone is 1. The molecule has 96 valence electrons. The molecule has 2 fully saturated rings. The van der Waals surface area contributed by atoms with E-state index in [0.717, 1.165) is 25.7 Å². The average molecular weight is 238 g/mol. The predicted molar refractivity (Wildman–Crippen MR) is 66.6 cm³/mol. The van der Waals surface area contributed by atoms with Crippen molar-refractivity contribution in [2.24, 2.45) is 5.41 Å². The molecule has 0 aromatic rings. The number of ether oxygens (including phenoxy) is 2. The zero-order valence-corrected chi connectivity index (χ0v) is 10.4. The maximum atomic E-state index is 10.5. The minimum absolute atomic E-state index is 0.348. The second kappa shape index (κ2) is 4.92. The van der Waals surface area contributed by atoms with Crippen LogP contribution in [0, 0.1) is 5.41 Å². The Balaban J connectivity index is 2.30. The van der Waals surface area contributed by atoms with Gasteiger partial charge >= 0.3 is 0 Å². The molecule has 0 bridgehead atoms. The summed E-state index contributed by atoms with van der Waals surface area (Å²) in [5.74, 6) is -0.594. The summed E-state index contributed by atoms with van der Waals surface area (Å²) in [5, 5.41) is 10.5. The van der Waals surface area contributed by atoms with Crippen molar-refractivity contribution < 1.29 is 14.6 Å². The van der Waals surface area contributed by atoms with Gasteiger partial charge in [0.1, 0.15) is 0 Å². The Hall–Kier alpha value is -0.640. The van der Waals surface area contributed by atoms with Gasteiger partial charge in [0, 0.05) is 6.42 Å². The maximum absolute atomic E-state index is 10.5. The van der Waals surface area contributed by atoms with Crippen molar-refractivity contribution in [2.75, 3.05) is 13.2 Å². The van der Waals surface area contributed by atoms with Gasteiger partial charge < -0.3 is 14.6 Å². The monoisotopic (exact) mass is 238 g/mol. The SMILES string of the molecule is C=CC[C@H](O)[C@]1(CC=C)CCCC12OCCO2. The predicted octanol–water partition coefficient (Wildman–Crippen LogP) is 2.41. The molecule has 3 heteroatoms. The molecule has 1 saturated carbocycles.